The number of terminal acetylenes is 1. The van der Waals surface area contributed by atoms with Crippen LogP contribution >= 0.6 is 0 Å². The van der Waals surface area contributed by atoms with Crippen molar-refractivity contribution in [1.29, 1.82) is 0 Å². The number of nitrogens with two attached hydrogens (primary N) is 1. The zero-order valence-corrected chi connectivity index (χ0v) is 16.9. The van der Waals surface area contributed by atoms with Crippen molar-refractivity contribution in [2.75, 3.05) is 5.73 Å². The summed E-state index contributed by atoms with van der Waals surface area (Å²) in [6.45, 7) is 1.78. The third-order valence-electron chi connectivity index (χ3n) is 4.71. The Morgan fingerprint density at radius 1 is 1.28 bits per heavy atom. The first-order chi connectivity index (χ1) is 15.4. The lowest BCUT2D eigenvalue weighted by molar-refractivity contribution is -0.137. The minimum Gasteiger partial charge on any atom is -0.480 e. The van der Waals surface area contributed by atoms with Crippen LogP contribution in [0.3, 0.4) is 0 Å². The summed E-state index contributed by atoms with van der Waals surface area (Å²) in [5, 5.41) is 21.0. The van der Waals surface area contributed by atoms with Gasteiger partial charge in [0, 0.05) is 17.3 Å². The maximum absolute atomic E-state index is 14.8. The zero-order valence-electron chi connectivity index (χ0n) is 16.9. The van der Waals surface area contributed by atoms with E-state index in [2.05, 4.69) is 31.3 Å². The van der Waals surface area contributed by atoms with Crippen molar-refractivity contribution in [2.24, 2.45) is 0 Å². The van der Waals surface area contributed by atoms with Crippen LogP contribution in [0.2, 0.25) is 0 Å². The number of anilines is 1. The first-order valence-corrected chi connectivity index (χ1v) is 9.40. The molecule has 160 valence electrons. The molecule has 0 aliphatic rings. The molecule has 0 aliphatic carbocycles. The van der Waals surface area contributed by atoms with Crippen LogP contribution in [0.15, 0.2) is 36.7 Å². The van der Waals surface area contributed by atoms with Crippen LogP contribution in [0.5, 0.6) is 0 Å². The topological polar surface area (TPSA) is 138 Å². The number of hydrogen-bond donors (Lipinski definition) is 2. The van der Waals surface area contributed by atoms with Crippen molar-refractivity contribution < 1.29 is 14.3 Å². The summed E-state index contributed by atoms with van der Waals surface area (Å²) < 4.78 is 17.5. The average Bonchev–Trinajstić information content (AvgIpc) is 3.39. The van der Waals surface area contributed by atoms with Crippen molar-refractivity contribution in [3.8, 4) is 35.1 Å². The highest BCUT2D eigenvalue weighted by molar-refractivity contribution is 5.69. The van der Waals surface area contributed by atoms with Crippen molar-refractivity contribution in [3.05, 3.63) is 59.3 Å². The highest BCUT2D eigenvalue weighted by Crippen LogP contribution is 2.28. The third kappa shape index (κ3) is 4.01. The molecule has 10 nitrogen and oxygen atoms in total. The third-order valence-corrected chi connectivity index (χ3v) is 4.71. The highest BCUT2D eigenvalue weighted by Gasteiger charge is 2.19. The van der Waals surface area contributed by atoms with E-state index in [0.717, 1.165) is 5.56 Å². The fraction of sp³-hybridized carbons (Fsp3) is 0.143. The minimum atomic E-state index is -1.00. The summed E-state index contributed by atoms with van der Waals surface area (Å²) in [4.78, 5) is 19.2. The number of halogens is 1. The number of aromatic nitrogens is 7. The lowest BCUT2D eigenvalue weighted by atomic mass is 10.0. The summed E-state index contributed by atoms with van der Waals surface area (Å²) in [6.07, 6.45) is 8.57. The number of rotatable bonds is 6. The SMILES string of the molecule is C#Cc1cccc(-c2nc(N)c(F)c(-c3cn(Cc4ccn(CC(=O)O)n4)nn3)n2)c1C. The van der Waals surface area contributed by atoms with Crippen molar-refractivity contribution in [1.82, 2.24) is 34.7 Å². The molecule has 0 radical (unpaired) electrons. The maximum Gasteiger partial charge on any atom is 0.325 e. The Hall–Kier alpha value is -4.59. The van der Waals surface area contributed by atoms with E-state index in [4.69, 9.17) is 17.3 Å². The van der Waals surface area contributed by atoms with Gasteiger partial charge in [-0.3, -0.25) is 9.48 Å². The molecule has 3 aromatic heterocycles. The Bertz CT molecular complexity index is 1370. The standard InChI is InChI=1S/C21H17FN8O2/c1-3-13-5-4-6-15(12(13)2)21-24-19(18(22)20(23)25-21)16-10-30(28-26-16)9-14-7-8-29(27-14)11-17(31)32/h1,4-8,10H,9,11H2,2H3,(H,31,32)(H2,23,24,25). The van der Waals surface area contributed by atoms with Crippen molar-refractivity contribution >= 4 is 11.8 Å². The summed E-state index contributed by atoms with van der Waals surface area (Å²) in [7, 11) is 0. The summed E-state index contributed by atoms with van der Waals surface area (Å²) in [6, 6.07) is 6.99. The zero-order chi connectivity index (χ0) is 22.8. The van der Waals surface area contributed by atoms with Crippen molar-refractivity contribution in [3.63, 3.8) is 0 Å². The smallest absolute Gasteiger partial charge is 0.325 e. The van der Waals surface area contributed by atoms with Crippen LogP contribution in [0.1, 0.15) is 16.8 Å². The number of nitrogen functional groups attached to an aromatic ring is 1. The second kappa shape index (κ2) is 8.27. The fourth-order valence-corrected chi connectivity index (χ4v) is 3.15. The van der Waals surface area contributed by atoms with E-state index in [9.17, 15) is 9.18 Å². The minimum absolute atomic E-state index is 0.0966. The van der Waals surface area contributed by atoms with E-state index in [0.29, 0.717) is 16.8 Å². The Labute approximate surface area is 181 Å². The van der Waals surface area contributed by atoms with Gasteiger partial charge in [0.25, 0.3) is 0 Å². The van der Waals surface area contributed by atoms with Gasteiger partial charge in [-0.2, -0.15) is 5.10 Å². The van der Waals surface area contributed by atoms with E-state index >= 15 is 0 Å². The molecule has 0 saturated carbocycles. The second-order valence-electron chi connectivity index (χ2n) is 6.92. The van der Waals surface area contributed by atoms with Gasteiger partial charge in [0.1, 0.15) is 17.9 Å². The van der Waals surface area contributed by atoms with Crippen LogP contribution in [0.4, 0.5) is 10.2 Å². The monoisotopic (exact) mass is 432 g/mol. The molecule has 0 saturated heterocycles. The van der Waals surface area contributed by atoms with Gasteiger partial charge in [0.15, 0.2) is 17.5 Å². The summed E-state index contributed by atoms with van der Waals surface area (Å²) >= 11 is 0. The van der Waals surface area contributed by atoms with Crippen LogP contribution in [-0.4, -0.2) is 45.8 Å². The van der Waals surface area contributed by atoms with Gasteiger partial charge >= 0.3 is 5.97 Å². The number of nitrogens with zero attached hydrogens (tertiary/aromatic N) is 7. The number of carboxylic acid groups (broad SMARTS) is 1. The van der Waals surface area contributed by atoms with Crippen LogP contribution in [-0.2, 0) is 17.9 Å². The Balaban J connectivity index is 1.66. The second-order valence-corrected chi connectivity index (χ2v) is 6.92. The van der Waals surface area contributed by atoms with Crippen LogP contribution < -0.4 is 5.73 Å². The molecular formula is C21H17FN8O2. The molecule has 32 heavy (non-hydrogen) atoms. The summed E-state index contributed by atoms with van der Waals surface area (Å²) in [5.74, 6) is 0.676. The van der Waals surface area contributed by atoms with E-state index in [1.54, 1.807) is 30.5 Å². The van der Waals surface area contributed by atoms with Crippen molar-refractivity contribution in [2.45, 2.75) is 20.0 Å². The molecule has 0 unspecified atom stereocenters. The molecule has 0 atom stereocenters. The molecule has 0 spiro atoms. The van der Waals surface area contributed by atoms with Gasteiger partial charge in [-0.25, -0.2) is 19.0 Å². The summed E-state index contributed by atoms with van der Waals surface area (Å²) in [5.41, 5.74) is 8.50. The Morgan fingerprint density at radius 2 is 2.09 bits per heavy atom. The lowest BCUT2D eigenvalue weighted by Crippen LogP contribution is -2.10. The number of carboxylic acids is 1. The number of aliphatic carboxylic acids is 1. The normalized spacial score (nSPS) is 10.8. The molecule has 11 heteroatoms. The molecule has 0 bridgehead atoms. The quantitative estimate of drug-likeness (QED) is 0.440. The predicted octanol–water partition coefficient (Wildman–Crippen LogP) is 1.74. The molecule has 0 amide bonds. The molecular weight excluding hydrogens is 415 g/mol. The van der Waals surface area contributed by atoms with Crippen LogP contribution in [0.25, 0.3) is 22.8 Å². The first kappa shape index (κ1) is 20.7. The lowest BCUT2D eigenvalue weighted by Gasteiger charge is -2.09. The number of benzene rings is 1. The van der Waals surface area contributed by atoms with Gasteiger partial charge in [0.05, 0.1) is 18.4 Å². The van der Waals surface area contributed by atoms with Gasteiger partial charge in [-0.05, 0) is 24.6 Å². The molecule has 0 fully saturated rings. The van der Waals surface area contributed by atoms with Crippen LogP contribution in [0, 0.1) is 25.1 Å². The maximum atomic E-state index is 14.8. The Morgan fingerprint density at radius 3 is 2.84 bits per heavy atom. The van der Waals surface area contributed by atoms with E-state index in [1.807, 2.05) is 6.92 Å². The van der Waals surface area contributed by atoms with Gasteiger partial charge in [-0.15, -0.1) is 11.5 Å². The average molecular weight is 432 g/mol. The van der Waals surface area contributed by atoms with Gasteiger partial charge in [-0.1, -0.05) is 23.3 Å². The predicted molar refractivity (Wildman–Crippen MR) is 112 cm³/mol. The first-order valence-electron chi connectivity index (χ1n) is 9.40. The fourth-order valence-electron chi connectivity index (χ4n) is 3.15. The van der Waals surface area contributed by atoms with Gasteiger partial charge in [0.2, 0.25) is 0 Å². The van der Waals surface area contributed by atoms with E-state index in [1.165, 1.54) is 15.6 Å². The molecule has 4 aromatic rings. The van der Waals surface area contributed by atoms with Gasteiger partial charge < -0.3 is 10.8 Å². The highest BCUT2D eigenvalue weighted by atomic mass is 19.1. The largest absolute Gasteiger partial charge is 0.480 e. The number of hydrogen-bond acceptors (Lipinski definition) is 7. The van der Waals surface area contributed by atoms with E-state index < -0.39 is 11.8 Å². The number of carbonyl (C=O) groups is 1. The molecule has 3 heterocycles. The molecule has 1 aromatic carbocycles. The van der Waals surface area contributed by atoms with E-state index in [-0.39, 0.29) is 36.1 Å². The molecule has 0 aliphatic heterocycles. The Kier molecular flexibility index (Phi) is 5.34. The molecule has 3 N–H and O–H groups in total. The molecule has 4 rings (SSSR count).